The molecule has 1 aliphatic heterocycles. The van der Waals surface area contributed by atoms with Crippen LogP contribution in [0.2, 0.25) is 0 Å². The number of hydrogen-bond acceptors (Lipinski definition) is 2. The van der Waals surface area contributed by atoms with Crippen molar-refractivity contribution in [1.29, 1.82) is 0 Å². The first kappa shape index (κ1) is 11.9. The zero-order valence-corrected chi connectivity index (χ0v) is 9.64. The molecule has 1 aromatic rings. The van der Waals surface area contributed by atoms with Crippen LogP contribution >= 0.6 is 15.9 Å². The van der Waals surface area contributed by atoms with Crippen molar-refractivity contribution in [3.63, 3.8) is 0 Å². The maximum Gasteiger partial charge on any atom is 0.417 e. The lowest BCUT2D eigenvalue weighted by atomic mass is 10.1. The standard InChI is InChI=1S/C10H8BrF3O2/c11-8-6(9-15-4-5-16-9)2-1-3-7(8)10(12,13)14/h1-3,9H,4-5H2. The number of alkyl halides is 3. The quantitative estimate of drug-likeness (QED) is 0.789. The highest BCUT2D eigenvalue weighted by Gasteiger charge is 2.35. The van der Waals surface area contributed by atoms with E-state index in [1.165, 1.54) is 6.07 Å². The van der Waals surface area contributed by atoms with Crippen molar-refractivity contribution in [3.8, 4) is 0 Å². The molecule has 0 saturated carbocycles. The lowest BCUT2D eigenvalue weighted by Crippen LogP contribution is -2.09. The van der Waals surface area contributed by atoms with Gasteiger partial charge in [0.2, 0.25) is 0 Å². The van der Waals surface area contributed by atoms with E-state index in [-0.39, 0.29) is 4.47 Å². The third kappa shape index (κ3) is 2.23. The molecule has 0 radical (unpaired) electrons. The highest BCUT2D eigenvalue weighted by molar-refractivity contribution is 9.10. The summed E-state index contributed by atoms with van der Waals surface area (Å²) in [5.41, 5.74) is -0.351. The SMILES string of the molecule is FC(F)(F)c1cccc(C2OCCO2)c1Br. The highest BCUT2D eigenvalue weighted by Crippen LogP contribution is 2.39. The van der Waals surface area contributed by atoms with Crippen molar-refractivity contribution in [1.82, 2.24) is 0 Å². The van der Waals surface area contributed by atoms with Crippen molar-refractivity contribution >= 4 is 15.9 Å². The molecule has 6 heteroatoms. The summed E-state index contributed by atoms with van der Waals surface area (Å²) >= 11 is 2.95. The van der Waals surface area contributed by atoms with Crippen LogP contribution < -0.4 is 0 Å². The molecular formula is C10H8BrF3O2. The number of hydrogen-bond donors (Lipinski definition) is 0. The van der Waals surface area contributed by atoms with Gasteiger partial charge in [0, 0.05) is 10.0 Å². The van der Waals surface area contributed by atoms with Crippen molar-refractivity contribution < 1.29 is 22.6 Å². The molecule has 0 aromatic heterocycles. The number of rotatable bonds is 1. The highest BCUT2D eigenvalue weighted by atomic mass is 79.9. The van der Waals surface area contributed by atoms with Crippen LogP contribution in [0.1, 0.15) is 17.4 Å². The normalized spacial score (nSPS) is 18.0. The summed E-state index contributed by atoms with van der Waals surface area (Å²) in [4.78, 5) is 0. The van der Waals surface area contributed by atoms with E-state index in [4.69, 9.17) is 9.47 Å². The van der Waals surface area contributed by atoms with E-state index in [9.17, 15) is 13.2 Å². The summed E-state index contributed by atoms with van der Waals surface area (Å²) in [6, 6.07) is 3.91. The Kier molecular flexibility index (Phi) is 3.23. The van der Waals surface area contributed by atoms with E-state index in [0.29, 0.717) is 18.8 Å². The van der Waals surface area contributed by atoms with Crippen molar-refractivity contribution in [2.45, 2.75) is 12.5 Å². The molecule has 1 aromatic carbocycles. The second-order valence-electron chi connectivity index (χ2n) is 3.28. The Bertz CT molecular complexity index is 386. The first-order valence-electron chi connectivity index (χ1n) is 4.59. The molecule has 88 valence electrons. The van der Waals surface area contributed by atoms with Crippen molar-refractivity contribution in [2.75, 3.05) is 13.2 Å². The van der Waals surface area contributed by atoms with Gasteiger partial charge in [0.1, 0.15) is 0 Å². The molecule has 0 spiro atoms. The maximum atomic E-state index is 12.6. The van der Waals surface area contributed by atoms with Gasteiger partial charge < -0.3 is 9.47 Å². The smallest absolute Gasteiger partial charge is 0.346 e. The predicted octanol–water partition coefficient (Wildman–Crippen LogP) is 3.51. The minimum atomic E-state index is -4.38. The van der Waals surface area contributed by atoms with E-state index in [0.717, 1.165) is 6.07 Å². The van der Waals surface area contributed by atoms with Crippen molar-refractivity contribution in [2.24, 2.45) is 0 Å². The second-order valence-corrected chi connectivity index (χ2v) is 4.07. The summed E-state index contributed by atoms with van der Waals surface area (Å²) in [5.74, 6) is 0. The van der Waals surface area contributed by atoms with Gasteiger partial charge >= 0.3 is 6.18 Å². The van der Waals surface area contributed by atoms with E-state index >= 15 is 0 Å². The zero-order chi connectivity index (χ0) is 11.8. The Morgan fingerprint density at radius 1 is 1.19 bits per heavy atom. The Morgan fingerprint density at radius 3 is 2.38 bits per heavy atom. The van der Waals surface area contributed by atoms with Gasteiger partial charge in [0.15, 0.2) is 6.29 Å². The summed E-state index contributed by atoms with van der Waals surface area (Å²) in [6.07, 6.45) is -5.09. The number of benzene rings is 1. The van der Waals surface area contributed by atoms with Crippen LogP contribution in [-0.2, 0) is 15.7 Å². The summed E-state index contributed by atoms with van der Waals surface area (Å²) in [5, 5.41) is 0. The molecule has 16 heavy (non-hydrogen) atoms. The average molecular weight is 297 g/mol. The van der Waals surface area contributed by atoms with Gasteiger partial charge in [0.05, 0.1) is 18.8 Å². The van der Waals surface area contributed by atoms with Crippen LogP contribution in [-0.4, -0.2) is 13.2 Å². The maximum absolute atomic E-state index is 12.6. The molecule has 1 heterocycles. The fourth-order valence-corrected chi connectivity index (χ4v) is 2.16. The van der Waals surface area contributed by atoms with Gasteiger partial charge in [-0.3, -0.25) is 0 Å². The molecular weight excluding hydrogens is 289 g/mol. The average Bonchev–Trinajstić information content (AvgIpc) is 2.69. The van der Waals surface area contributed by atoms with Crippen LogP contribution in [0.4, 0.5) is 13.2 Å². The molecule has 0 aliphatic carbocycles. The molecule has 1 saturated heterocycles. The molecule has 0 N–H and O–H groups in total. The van der Waals surface area contributed by atoms with E-state index < -0.39 is 18.0 Å². The Hall–Kier alpha value is -0.590. The Labute approximate surface area is 98.5 Å². The zero-order valence-electron chi connectivity index (χ0n) is 8.05. The van der Waals surface area contributed by atoms with Crippen molar-refractivity contribution in [3.05, 3.63) is 33.8 Å². The lowest BCUT2D eigenvalue weighted by Gasteiger charge is -2.15. The van der Waals surface area contributed by atoms with Gasteiger partial charge in [-0.2, -0.15) is 13.2 Å². The molecule has 1 aliphatic rings. The van der Waals surface area contributed by atoms with Gasteiger partial charge in [-0.05, 0) is 22.0 Å². The number of ether oxygens (including phenoxy) is 2. The van der Waals surface area contributed by atoms with E-state index in [1.54, 1.807) is 6.07 Å². The first-order valence-corrected chi connectivity index (χ1v) is 5.38. The second kappa shape index (κ2) is 4.35. The molecule has 2 nitrogen and oxygen atoms in total. The van der Waals surface area contributed by atoms with Crippen LogP contribution in [0, 0.1) is 0 Å². The fraction of sp³-hybridized carbons (Fsp3) is 0.400. The van der Waals surface area contributed by atoms with Gasteiger partial charge in [0.25, 0.3) is 0 Å². The minimum absolute atomic E-state index is 0.0191. The summed E-state index contributed by atoms with van der Waals surface area (Å²) in [7, 11) is 0. The largest absolute Gasteiger partial charge is 0.417 e. The predicted molar refractivity (Wildman–Crippen MR) is 53.8 cm³/mol. The van der Waals surface area contributed by atoms with Crippen LogP contribution in [0.15, 0.2) is 22.7 Å². The first-order chi connectivity index (χ1) is 7.50. The van der Waals surface area contributed by atoms with Crippen LogP contribution in [0.5, 0.6) is 0 Å². The molecule has 2 rings (SSSR count). The fourth-order valence-electron chi connectivity index (χ4n) is 1.49. The molecule has 1 fully saturated rings. The Morgan fingerprint density at radius 2 is 1.81 bits per heavy atom. The van der Waals surface area contributed by atoms with Crippen LogP contribution in [0.25, 0.3) is 0 Å². The van der Waals surface area contributed by atoms with Gasteiger partial charge in [-0.15, -0.1) is 0 Å². The Balaban J connectivity index is 2.40. The molecule has 0 bridgehead atoms. The molecule has 0 unspecified atom stereocenters. The topological polar surface area (TPSA) is 18.5 Å². The monoisotopic (exact) mass is 296 g/mol. The van der Waals surface area contributed by atoms with Gasteiger partial charge in [-0.25, -0.2) is 0 Å². The van der Waals surface area contributed by atoms with Gasteiger partial charge in [-0.1, -0.05) is 12.1 Å². The third-order valence-corrected chi connectivity index (χ3v) is 3.09. The van der Waals surface area contributed by atoms with E-state index in [1.807, 2.05) is 0 Å². The molecule has 0 atom stereocenters. The van der Waals surface area contributed by atoms with E-state index in [2.05, 4.69) is 15.9 Å². The summed E-state index contributed by atoms with van der Waals surface area (Å²) in [6.45, 7) is 0.792. The minimum Gasteiger partial charge on any atom is -0.346 e. The summed E-state index contributed by atoms with van der Waals surface area (Å²) < 4.78 is 48.1. The van der Waals surface area contributed by atoms with Crippen LogP contribution in [0.3, 0.4) is 0 Å². The third-order valence-electron chi connectivity index (χ3n) is 2.21. The lowest BCUT2D eigenvalue weighted by molar-refractivity contribution is -0.138. The number of halogens is 4. The molecule has 0 amide bonds.